The molecule has 0 radical (unpaired) electrons. The van der Waals surface area contributed by atoms with Gasteiger partial charge in [0.25, 0.3) is 0 Å². The van der Waals surface area contributed by atoms with Crippen LogP contribution in [-0.2, 0) is 22.7 Å². The predicted octanol–water partition coefficient (Wildman–Crippen LogP) is 3.50. The molecule has 190 valence electrons. The van der Waals surface area contributed by atoms with E-state index in [-0.39, 0.29) is 12.4 Å². The monoisotopic (exact) mass is 475 g/mol. The van der Waals surface area contributed by atoms with Gasteiger partial charge in [-0.1, -0.05) is 31.0 Å². The van der Waals surface area contributed by atoms with Crippen molar-refractivity contribution in [1.29, 1.82) is 0 Å². The van der Waals surface area contributed by atoms with Gasteiger partial charge in [-0.2, -0.15) is 0 Å². The van der Waals surface area contributed by atoms with Gasteiger partial charge in [0.15, 0.2) is 0 Å². The molecule has 0 aliphatic heterocycles. The van der Waals surface area contributed by atoms with Gasteiger partial charge in [0, 0.05) is 24.8 Å². The van der Waals surface area contributed by atoms with Gasteiger partial charge in [-0.05, 0) is 48.7 Å². The average Bonchev–Trinajstić information content (AvgIpc) is 2.81. The normalized spacial score (nSPS) is 12.7. The van der Waals surface area contributed by atoms with Crippen LogP contribution in [0.3, 0.4) is 0 Å². The van der Waals surface area contributed by atoms with Crippen molar-refractivity contribution >= 4 is 5.69 Å². The maximum absolute atomic E-state index is 10.2. The molecule has 0 saturated carbocycles. The first kappa shape index (κ1) is 28.2. The average molecular weight is 476 g/mol. The van der Waals surface area contributed by atoms with Crippen molar-refractivity contribution in [3.05, 3.63) is 59.2 Å². The first-order chi connectivity index (χ1) is 16.3. The highest BCUT2D eigenvalue weighted by molar-refractivity contribution is 5.43. The smallest absolute Gasteiger partial charge is 0.132 e. The fraction of sp³-hybridized carbons (Fsp3) is 0.556. The zero-order valence-electron chi connectivity index (χ0n) is 21.0. The summed E-state index contributed by atoms with van der Waals surface area (Å²) in [5.41, 5.74) is 3.56. The molecule has 4 N–H and O–H groups in total. The summed E-state index contributed by atoms with van der Waals surface area (Å²) < 4.78 is 12.2. The lowest BCUT2D eigenvalue weighted by molar-refractivity contribution is 0.0392. The van der Waals surface area contributed by atoms with Crippen LogP contribution in [0.25, 0.3) is 0 Å². The van der Waals surface area contributed by atoms with Crippen LogP contribution < -0.4 is 9.80 Å². The summed E-state index contributed by atoms with van der Waals surface area (Å²) in [6.07, 6.45) is 3.63. The van der Waals surface area contributed by atoms with E-state index in [4.69, 9.17) is 9.47 Å². The molecule has 34 heavy (non-hydrogen) atoms. The lowest BCUT2D eigenvalue weighted by Gasteiger charge is -2.23. The quantitative estimate of drug-likeness (QED) is 0.207. The number of aromatic hydroxyl groups is 1. The molecule has 0 spiro atoms. The third-order valence-corrected chi connectivity index (χ3v) is 5.71. The summed E-state index contributed by atoms with van der Waals surface area (Å²) in [5.74, 6) is 0.0456. The fourth-order valence-corrected chi connectivity index (χ4v) is 3.58. The molecule has 0 unspecified atom stereocenters. The van der Waals surface area contributed by atoms with Gasteiger partial charge in [0.05, 0.1) is 53.7 Å². The largest absolute Gasteiger partial charge is 0.508 e. The van der Waals surface area contributed by atoms with Crippen LogP contribution in [0.1, 0.15) is 48.5 Å². The number of phenols is 1. The summed E-state index contributed by atoms with van der Waals surface area (Å²) in [5, 5.41) is 32.3. The Morgan fingerprint density at radius 3 is 2.44 bits per heavy atom. The first-order valence-electron chi connectivity index (χ1n) is 12.2. The SMILES string of the molecule is C[N+](C)(C)c1cccc(COCCOCCCCCCNC[C@@H](O)c2ccc(O)c(CO)c2)c1. The third-order valence-electron chi connectivity index (χ3n) is 5.71. The summed E-state index contributed by atoms with van der Waals surface area (Å²) in [4.78, 5) is 0. The molecule has 2 rings (SSSR count). The number of quaternary nitrogens is 1. The minimum Gasteiger partial charge on any atom is -0.508 e. The zero-order valence-corrected chi connectivity index (χ0v) is 21.0. The van der Waals surface area contributed by atoms with E-state index in [1.807, 2.05) is 0 Å². The second-order valence-corrected chi connectivity index (χ2v) is 9.53. The second-order valence-electron chi connectivity index (χ2n) is 9.53. The van der Waals surface area contributed by atoms with E-state index in [1.165, 1.54) is 17.3 Å². The third kappa shape index (κ3) is 10.5. The number of nitrogens with one attached hydrogen (secondary N) is 1. The molecule has 0 aliphatic rings. The topological polar surface area (TPSA) is 91.2 Å². The highest BCUT2D eigenvalue weighted by Crippen LogP contribution is 2.22. The molecule has 0 bridgehead atoms. The minimum absolute atomic E-state index is 0.0456. The lowest BCUT2D eigenvalue weighted by Crippen LogP contribution is -2.34. The van der Waals surface area contributed by atoms with Gasteiger partial charge in [-0.3, -0.25) is 4.48 Å². The van der Waals surface area contributed by atoms with Gasteiger partial charge < -0.3 is 30.1 Å². The lowest BCUT2D eigenvalue weighted by atomic mass is 10.1. The van der Waals surface area contributed by atoms with E-state index in [1.54, 1.807) is 12.1 Å². The molecule has 7 nitrogen and oxygen atoms in total. The minimum atomic E-state index is -0.664. The zero-order chi connectivity index (χ0) is 24.8. The molecule has 0 amide bonds. The molecule has 2 aromatic rings. The molecule has 0 aliphatic carbocycles. The number of nitrogens with zero attached hydrogens (tertiary/aromatic N) is 1. The van der Waals surface area contributed by atoms with Crippen LogP contribution in [0.4, 0.5) is 5.69 Å². The number of hydrogen-bond donors (Lipinski definition) is 4. The van der Waals surface area contributed by atoms with Crippen molar-refractivity contribution in [2.75, 3.05) is 54.1 Å². The number of rotatable bonds is 17. The Morgan fingerprint density at radius 1 is 0.912 bits per heavy atom. The summed E-state index contributed by atoms with van der Waals surface area (Å²) in [7, 11) is 6.47. The van der Waals surface area contributed by atoms with Crippen LogP contribution >= 0.6 is 0 Å². The molecular formula is C27H43N2O5+. The first-order valence-corrected chi connectivity index (χ1v) is 12.2. The van der Waals surface area contributed by atoms with Crippen LogP contribution in [0, 0.1) is 0 Å². The molecule has 0 saturated heterocycles. The van der Waals surface area contributed by atoms with E-state index in [2.05, 4.69) is 50.7 Å². The Balaban J connectivity index is 1.42. The Kier molecular flexibility index (Phi) is 12.5. The summed E-state index contributed by atoms with van der Waals surface area (Å²) in [6, 6.07) is 13.3. The van der Waals surface area contributed by atoms with Crippen LogP contribution in [0.5, 0.6) is 5.75 Å². The predicted molar refractivity (Wildman–Crippen MR) is 137 cm³/mol. The van der Waals surface area contributed by atoms with Crippen molar-refractivity contribution in [2.45, 2.75) is 45.0 Å². The number of ether oxygens (including phenoxy) is 2. The van der Waals surface area contributed by atoms with E-state index < -0.39 is 6.10 Å². The van der Waals surface area contributed by atoms with E-state index in [0.29, 0.717) is 37.5 Å². The van der Waals surface area contributed by atoms with Crippen LogP contribution in [0.2, 0.25) is 0 Å². The van der Waals surface area contributed by atoms with Crippen molar-refractivity contribution < 1.29 is 24.8 Å². The molecular weight excluding hydrogens is 432 g/mol. The van der Waals surface area contributed by atoms with Crippen LogP contribution in [0.15, 0.2) is 42.5 Å². The maximum atomic E-state index is 10.2. The molecule has 0 fully saturated rings. The van der Waals surface area contributed by atoms with E-state index in [0.717, 1.165) is 43.3 Å². The van der Waals surface area contributed by atoms with Gasteiger partial charge in [0.1, 0.15) is 11.4 Å². The maximum Gasteiger partial charge on any atom is 0.132 e. The standard InChI is InChI=1S/C27H42N2O5/c1-29(2,3)25-10-8-9-22(17-25)21-34-16-15-33-14-7-5-4-6-13-28-19-27(32)23-11-12-26(31)24(18-23)20-30/h8-12,17-18,27-28,30,32H,4-7,13-16,19-21H2,1-3H3/p+1/t27-/m1/s1. The molecule has 1 atom stereocenters. The highest BCUT2D eigenvalue weighted by atomic mass is 16.5. The van der Waals surface area contributed by atoms with Gasteiger partial charge >= 0.3 is 0 Å². The van der Waals surface area contributed by atoms with Crippen molar-refractivity contribution in [2.24, 2.45) is 0 Å². The van der Waals surface area contributed by atoms with Gasteiger partial charge in [0.2, 0.25) is 0 Å². The Hall–Kier alpha value is -2.00. The molecule has 7 heteroatoms. The van der Waals surface area contributed by atoms with Crippen molar-refractivity contribution in [3.8, 4) is 5.75 Å². The number of hydrogen-bond acceptors (Lipinski definition) is 6. The van der Waals surface area contributed by atoms with Crippen molar-refractivity contribution in [1.82, 2.24) is 9.80 Å². The van der Waals surface area contributed by atoms with Crippen molar-refractivity contribution in [3.63, 3.8) is 0 Å². The van der Waals surface area contributed by atoms with Crippen LogP contribution in [-0.4, -0.2) is 69.4 Å². The molecule has 0 aromatic heterocycles. The Labute approximate surface area is 204 Å². The van der Waals surface area contributed by atoms with Gasteiger partial charge in [-0.15, -0.1) is 0 Å². The Bertz CT molecular complexity index is 838. The number of unbranched alkanes of at least 4 members (excludes halogenated alkanes) is 3. The summed E-state index contributed by atoms with van der Waals surface area (Å²) >= 11 is 0. The number of aliphatic hydroxyl groups excluding tert-OH is 2. The van der Waals surface area contributed by atoms with E-state index >= 15 is 0 Å². The van der Waals surface area contributed by atoms with E-state index in [9.17, 15) is 15.3 Å². The Morgan fingerprint density at radius 2 is 1.68 bits per heavy atom. The fourth-order valence-electron chi connectivity index (χ4n) is 3.58. The van der Waals surface area contributed by atoms with Gasteiger partial charge in [-0.25, -0.2) is 0 Å². The number of aliphatic hydroxyl groups is 2. The molecule has 0 heterocycles. The number of benzene rings is 2. The second kappa shape index (κ2) is 15.1. The summed E-state index contributed by atoms with van der Waals surface area (Å²) in [6.45, 7) is 3.60. The molecule has 2 aromatic carbocycles. The highest BCUT2D eigenvalue weighted by Gasteiger charge is 2.12.